The Hall–Kier alpha value is -2.40. The molecule has 1 atom stereocenters. The number of benzene rings is 2. The Morgan fingerprint density at radius 2 is 2.00 bits per heavy atom. The molecule has 6 heteroatoms. The van der Waals surface area contributed by atoms with Gasteiger partial charge in [-0.15, -0.1) is 0 Å². The van der Waals surface area contributed by atoms with Gasteiger partial charge < -0.3 is 10.2 Å². The number of oxime groups is 1. The standard InChI is InChI=1S/C18H16ClFN2O2/c1-10-6-11(2)8-12(7-10)21-18(23)16-9-15(22-24-16)17-13(19)4-3-5-14(17)20/h3-8,16H,9H2,1-2H3,(H,21,23)/t16-/m0/s1. The highest BCUT2D eigenvalue weighted by atomic mass is 35.5. The minimum absolute atomic E-state index is 0.164. The van der Waals surface area contributed by atoms with Crippen LogP contribution in [-0.4, -0.2) is 17.7 Å². The van der Waals surface area contributed by atoms with Crippen molar-refractivity contribution in [3.8, 4) is 0 Å². The van der Waals surface area contributed by atoms with E-state index in [1.807, 2.05) is 32.0 Å². The average Bonchev–Trinajstić information content (AvgIpc) is 2.95. The number of rotatable bonds is 3. The minimum atomic E-state index is -0.809. The number of hydrogen-bond acceptors (Lipinski definition) is 3. The molecule has 124 valence electrons. The van der Waals surface area contributed by atoms with E-state index in [1.54, 1.807) is 6.07 Å². The van der Waals surface area contributed by atoms with Gasteiger partial charge in [-0.2, -0.15) is 0 Å². The van der Waals surface area contributed by atoms with Gasteiger partial charge >= 0.3 is 0 Å². The highest BCUT2D eigenvalue weighted by molar-refractivity contribution is 6.34. The van der Waals surface area contributed by atoms with Gasteiger partial charge in [0.1, 0.15) is 5.82 Å². The average molecular weight is 347 g/mol. The van der Waals surface area contributed by atoms with E-state index in [1.165, 1.54) is 12.1 Å². The summed E-state index contributed by atoms with van der Waals surface area (Å²) in [6.07, 6.45) is -0.645. The maximum atomic E-state index is 13.9. The van der Waals surface area contributed by atoms with Gasteiger partial charge in [-0.25, -0.2) is 4.39 Å². The number of carbonyl (C=O) groups excluding carboxylic acids is 1. The predicted molar refractivity (Wildman–Crippen MR) is 92.0 cm³/mol. The van der Waals surface area contributed by atoms with Crippen LogP contribution >= 0.6 is 11.6 Å². The lowest BCUT2D eigenvalue weighted by Crippen LogP contribution is -2.28. The van der Waals surface area contributed by atoms with Crippen LogP contribution in [0.5, 0.6) is 0 Å². The monoisotopic (exact) mass is 346 g/mol. The van der Waals surface area contributed by atoms with Gasteiger partial charge in [0.2, 0.25) is 6.10 Å². The zero-order chi connectivity index (χ0) is 17.3. The fourth-order valence-electron chi connectivity index (χ4n) is 2.71. The highest BCUT2D eigenvalue weighted by Crippen LogP contribution is 2.26. The van der Waals surface area contributed by atoms with Crippen molar-refractivity contribution in [2.75, 3.05) is 5.32 Å². The van der Waals surface area contributed by atoms with Crippen LogP contribution < -0.4 is 5.32 Å². The second kappa shape index (κ2) is 6.61. The van der Waals surface area contributed by atoms with E-state index in [2.05, 4.69) is 10.5 Å². The molecule has 1 aliphatic heterocycles. The Morgan fingerprint density at radius 1 is 1.29 bits per heavy atom. The fraction of sp³-hybridized carbons (Fsp3) is 0.222. The minimum Gasteiger partial charge on any atom is -0.382 e. The summed E-state index contributed by atoms with van der Waals surface area (Å²) >= 11 is 6.02. The van der Waals surface area contributed by atoms with Crippen molar-refractivity contribution < 1.29 is 14.0 Å². The van der Waals surface area contributed by atoms with Crippen LogP contribution in [0.25, 0.3) is 0 Å². The number of nitrogens with one attached hydrogen (secondary N) is 1. The van der Waals surface area contributed by atoms with Crippen LogP contribution in [0.15, 0.2) is 41.6 Å². The summed E-state index contributed by atoms with van der Waals surface area (Å²) in [4.78, 5) is 17.5. The summed E-state index contributed by atoms with van der Waals surface area (Å²) in [5.41, 5.74) is 3.30. The molecule has 0 spiro atoms. The topological polar surface area (TPSA) is 50.7 Å². The van der Waals surface area contributed by atoms with Gasteiger partial charge in [0.25, 0.3) is 5.91 Å². The van der Waals surface area contributed by atoms with E-state index in [-0.39, 0.29) is 22.9 Å². The van der Waals surface area contributed by atoms with Crippen LogP contribution in [0.2, 0.25) is 5.02 Å². The Kier molecular flexibility index (Phi) is 4.53. The van der Waals surface area contributed by atoms with Crippen molar-refractivity contribution in [3.05, 3.63) is 63.9 Å². The van der Waals surface area contributed by atoms with E-state index in [9.17, 15) is 9.18 Å². The van der Waals surface area contributed by atoms with Gasteiger partial charge in [-0.3, -0.25) is 4.79 Å². The third-order valence-corrected chi connectivity index (χ3v) is 4.02. The van der Waals surface area contributed by atoms with Crippen molar-refractivity contribution in [1.29, 1.82) is 0 Å². The van der Waals surface area contributed by atoms with Crippen LogP contribution in [-0.2, 0) is 9.63 Å². The van der Waals surface area contributed by atoms with Gasteiger partial charge in [0.05, 0.1) is 16.3 Å². The molecule has 1 amide bonds. The summed E-state index contributed by atoms with van der Waals surface area (Å²) in [6.45, 7) is 3.91. The largest absolute Gasteiger partial charge is 0.382 e. The Labute approximate surface area is 144 Å². The molecule has 1 heterocycles. The molecule has 3 rings (SSSR count). The third-order valence-electron chi connectivity index (χ3n) is 3.70. The van der Waals surface area contributed by atoms with E-state index in [0.29, 0.717) is 11.4 Å². The molecule has 2 aromatic carbocycles. The summed E-state index contributed by atoms with van der Waals surface area (Å²) in [5.74, 6) is -0.813. The fourth-order valence-corrected chi connectivity index (χ4v) is 2.98. The molecule has 1 aliphatic rings. The molecule has 24 heavy (non-hydrogen) atoms. The van der Waals surface area contributed by atoms with E-state index in [4.69, 9.17) is 16.4 Å². The maximum Gasteiger partial charge on any atom is 0.268 e. The molecular weight excluding hydrogens is 331 g/mol. The van der Waals surface area contributed by atoms with Crippen molar-refractivity contribution in [3.63, 3.8) is 0 Å². The summed E-state index contributed by atoms with van der Waals surface area (Å²) < 4.78 is 13.9. The van der Waals surface area contributed by atoms with Crippen molar-refractivity contribution in [2.45, 2.75) is 26.4 Å². The first-order valence-electron chi connectivity index (χ1n) is 7.50. The molecule has 0 bridgehead atoms. The van der Waals surface area contributed by atoms with Crippen LogP contribution in [0.1, 0.15) is 23.1 Å². The molecule has 0 aliphatic carbocycles. The van der Waals surface area contributed by atoms with Crippen molar-refractivity contribution in [2.24, 2.45) is 5.16 Å². The first-order valence-corrected chi connectivity index (χ1v) is 7.88. The number of anilines is 1. The van der Waals surface area contributed by atoms with E-state index < -0.39 is 11.9 Å². The first-order chi connectivity index (χ1) is 11.4. The van der Waals surface area contributed by atoms with Crippen LogP contribution in [0, 0.1) is 19.7 Å². The molecule has 0 unspecified atom stereocenters. The first kappa shape index (κ1) is 16.5. The smallest absolute Gasteiger partial charge is 0.268 e. The highest BCUT2D eigenvalue weighted by Gasteiger charge is 2.31. The number of hydrogen-bond donors (Lipinski definition) is 1. The molecule has 1 N–H and O–H groups in total. The number of halogens is 2. The molecule has 0 fully saturated rings. The Balaban J connectivity index is 1.71. The molecule has 0 aromatic heterocycles. The van der Waals surface area contributed by atoms with Gasteiger partial charge in [-0.1, -0.05) is 28.9 Å². The third kappa shape index (κ3) is 3.41. The van der Waals surface area contributed by atoms with E-state index in [0.717, 1.165) is 11.1 Å². The summed E-state index contributed by atoms with van der Waals surface area (Å²) in [6, 6.07) is 10.1. The molecule has 4 nitrogen and oxygen atoms in total. The Morgan fingerprint density at radius 3 is 2.67 bits per heavy atom. The van der Waals surface area contributed by atoms with Gasteiger partial charge in [0, 0.05) is 12.1 Å². The van der Waals surface area contributed by atoms with Crippen LogP contribution in [0.3, 0.4) is 0 Å². The zero-order valence-electron chi connectivity index (χ0n) is 13.3. The van der Waals surface area contributed by atoms with Crippen LogP contribution in [0.4, 0.5) is 10.1 Å². The predicted octanol–water partition coefficient (Wildman–Crippen LogP) is 4.23. The second-order valence-corrected chi connectivity index (χ2v) is 6.21. The second-order valence-electron chi connectivity index (χ2n) is 5.80. The normalized spacial score (nSPS) is 16.5. The molecule has 0 saturated carbocycles. The lowest BCUT2D eigenvalue weighted by Gasteiger charge is -2.11. The lowest BCUT2D eigenvalue weighted by atomic mass is 10.0. The number of nitrogens with zero attached hydrogens (tertiary/aromatic N) is 1. The SMILES string of the molecule is Cc1cc(C)cc(NC(=O)[C@@H]2CC(c3c(F)cccc3Cl)=NO2)c1. The zero-order valence-corrected chi connectivity index (χ0v) is 14.0. The van der Waals surface area contributed by atoms with Gasteiger partial charge in [0.15, 0.2) is 0 Å². The molecule has 0 saturated heterocycles. The summed E-state index contributed by atoms with van der Waals surface area (Å²) in [5, 5.41) is 6.88. The maximum absolute atomic E-state index is 13.9. The van der Waals surface area contributed by atoms with Crippen molar-refractivity contribution >= 4 is 28.9 Å². The molecular formula is C18H16ClFN2O2. The lowest BCUT2D eigenvalue weighted by molar-refractivity contribution is -0.125. The molecule has 2 aromatic rings. The summed E-state index contributed by atoms with van der Waals surface area (Å²) in [7, 11) is 0. The van der Waals surface area contributed by atoms with Gasteiger partial charge in [-0.05, 0) is 49.2 Å². The number of aryl methyl sites for hydroxylation is 2. The van der Waals surface area contributed by atoms with Crippen molar-refractivity contribution in [1.82, 2.24) is 0 Å². The molecule has 0 radical (unpaired) electrons. The Bertz CT molecular complexity index is 795. The number of amides is 1. The number of carbonyl (C=O) groups is 1. The van der Waals surface area contributed by atoms with E-state index >= 15 is 0 Å². The quantitative estimate of drug-likeness (QED) is 0.904.